The SMILES string of the molecule is [2H]C1(OCc2ccccc2)C=CC(CCOC)C([2H])([2H])C1([2H])[2H]. The number of rotatable bonds is 6. The van der Waals surface area contributed by atoms with Crippen LogP contribution in [0.15, 0.2) is 42.5 Å². The summed E-state index contributed by atoms with van der Waals surface area (Å²) in [4.78, 5) is 0. The number of ether oxygens (including phenoxy) is 2. The Labute approximate surface area is 117 Å². The van der Waals surface area contributed by atoms with Crippen molar-refractivity contribution in [3.05, 3.63) is 48.0 Å². The molecule has 1 aliphatic carbocycles. The molecule has 1 aliphatic rings. The van der Waals surface area contributed by atoms with Gasteiger partial charge in [0.25, 0.3) is 0 Å². The van der Waals surface area contributed by atoms with Crippen molar-refractivity contribution in [2.45, 2.75) is 31.9 Å². The van der Waals surface area contributed by atoms with Crippen molar-refractivity contribution < 1.29 is 16.3 Å². The van der Waals surface area contributed by atoms with Crippen LogP contribution in [0.3, 0.4) is 0 Å². The first-order valence-corrected chi connectivity index (χ1v) is 6.11. The van der Waals surface area contributed by atoms with Crippen molar-refractivity contribution in [1.29, 1.82) is 0 Å². The summed E-state index contributed by atoms with van der Waals surface area (Å²) in [6, 6.07) is 9.17. The van der Waals surface area contributed by atoms with Crippen molar-refractivity contribution in [2.75, 3.05) is 13.7 Å². The first kappa shape index (κ1) is 8.13. The van der Waals surface area contributed by atoms with Crippen molar-refractivity contribution in [1.82, 2.24) is 0 Å². The van der Waals surface area contributed by atoms with E-state index in [9.17, 15) is 0 Å². The minimum Gasteiger partial charge on any atom is -0.385 e. The lowest BCUT2D eigenvalue weighted by Crippen LogP contribution is -2.17. The standard InChI is InChI=1S/C16H22O2/c1-17-12-11-14-7-9-16(10-8-14)18-13-15-5-3-2-4-6-15/h2-7,9,14,16H,8,10-13H2,1H3/i8D2,10D2,16D. The molecule has 0 radical (unpaired) electrons. The number of methoxy groups -OCH3 is 1. The van der Waals surface area contributed by atoms with E-state index in [1.54, 1.807) is 6.08 Å². The molecule has 0 fully saturated rings. The minimum atomic E-state index is -2.48. The fourth-order valence-corrected chi connectivity index (χ4v) is 1.69. The molecule has 2 unspecified atom stereocenters. The van der Waals surface area contributed by atoms with Gasteiger partial charge in [-0.25, -0.2) is 0 Å². The van der Waals surface area contributed by atoms with Crippen molar-refractivity contribution in [3.63, 3.8) is 0 Å². The maximum Gasteiger partial charge on any atom is 0.0760 e. The smallest absolute Gasteiger partial charge is 0.0760 e. The molecule has 0 saturated carbocycles. The second-order valence-corrected chi connectivity index (χ2v) is 4.15. The Morgan fingerprint density at radius 2 is 2.11 bits per heavy atom. The molecule has 0 heterocycles. The van der Waals surface area contributed by atoms with Crippen LogP contribution in [0.1, 0.15) is 31.6 Å². The lowest BCUT2D eigenvalue weighted by atomic mass is 9.92. The molecule has 98 valence electrons. The summed E-state index contributed by atoms with van der Waals surface area (Å²) in [7, 11) is 1.52. The highest BCUT2D eigenvalue weighted by Crippen LogP contribution is 2.23. The third-order valence-electron chi connectivity index (χ3n) is 2.73. The summed E-state index contributed by atoms with van der Waals surface area (Å²) in [5.74, 6) is -0.656. The molecular weight excluding hydrogens is 224 g/mol. The lowest BCUT2D eigenvalue weighted by molar-refractivity contribution is 0.0572. The monoisotopic (exact) mass is 251 g/mol. The molecule has 0 spiro atoms. The zero-order chi connectivity index (χ0) is 17.1. The molecule has 2 nitrogen and oxygen atoms in total. The highest BCUT2D eigenvalue weighted by molar-refractivity contribution is 5.13. The number of hydrogen-bond donors (Lipinski definition) is 0. The highest BCUT2D eigenvalue weighted by atomic mass is 16.5. The van der Waals surface area contributed by atoms with Crippen LogP contribution in [-0.4, -0.2) is 19.8 Å². The minimum absolute atomic E-state index is 0.0486. The van der Waals surface area contributed by atoms with Crippen molar-refractivity contribution in [3.8, 4) is 0 Å². The largest absolute Gasteiger partial charge is 0.385 e. The second kappa shape index (κ2) is 7.34. The second-order valence-electron chi connectivity index (χ2n) is 4.15. The summed E-state index contributed by atoms with van der Waals surface area (Å²) < 4.78 is 51.6. The maximum atomic E-state index is 8.34. The van der Waals surface area contributed by atoms with Gasteiger partial charge >= 0.3 is 0 Å². The topological polar surface area (TPSA) is 18.5 Å². The maximum absolute atomic E-state index is 8.34. The van der Waals surface area contributed by atoms with Gasteiger partial charge in [0.05, 0.1) is 14.1 Å². The van der Waals surface area contributed by atoms with E-state index in [0.29, 0.717) is 13.0 Å². The molecule has 2 rings (SSSR count). The van der Waals surface area contributed by atoms with Gasteiger partial charge in [0.1, 0.15) is 0 Å². The molecule has 0 bridgehead atoms. The van der Waals surface area contributed by atoms with Crippen LogP contribution in [0.25, 0.3) is 0 Å². The molecule has 0 amide bonds. The molecule has 1 aromatic rings. The Balaban J connectivity index is 2.20. The quantitative estimate of drug-likeness (QED) is 0.720. The van der Waals surface area contributed by atoms with E-state index >= 15 is 0 Å². The van der Waals surface area contributed by atoms with Crippen LogP contribution in [-0.2, 0) is 16.1 Å². The van der Waals surface area contributed by atoms with Crippen LogP contribution in [0.5, 0.6) is 0 Å². The van der Waals surface area contributed by atoms with Crippen LogP contribution >= 0.6 is 0 Å². The predicted molar refractivity (Wildman–Crippen MR) is 73.4 cm³/mol. The van der Waals surface area contributed by atoms with Gasteiger partial charge in [-0.3, -0.25) is 0 Å². The van der Waals surface area contributed by atoms with Crippen LogP contribution < -0.4 is 0 Å². The molecule has 18 heavy (non-hydrogen) atoms. The van der Waals surface area contributed by atoms with Gasteiger partial charge in [-0.1, -0.05) is 42.5 Å². The van der Waals surface area contributed by atoms with Gasteiger partial charge in [0.15, 0.2) is 0 Å². The van der Waals surface area contributed by atoms with Gasteiger partial charge in [-0.15, -0.1) is 0 Å². The summed E-state index contributed by atoms with van der Waals surface area (Å²) in [5.41, 5.74) is 0.811. The van der Waals surface area contributed by atoms with Crippen LogP contribution in [0.4, 0.5) is 0 Å². The average Bonchev–Trinajstić information content (AvgIpc) is 2.52. The first-order valence-electron chi connectivity index (χ1n) is 8.61. The van der Waals surface area contributed by atoms with Gasteiger partial charge in [-0.2, -0.15) is 0 Å². The molecule has 0 aliphatic heterocycles. The Morgan fingerprint density at radius 1 is 1.28 bits per heavy atom. The fourth-order valence-electron chi connectivity index (χ4n) is 1.69. The van der Waals surface area contributed by atoms with Crippen LogP contribution in [0, 0.1) is 5.92 Å². The zero-order valence-electron chi connectivity index (χ0n) is 15.6. The van der Waals surface area contributed by atoms with E-state index < -0.39 is 24.7 Å². The summed E-state index contributed by atoms with van der Waals surface area (Å²) in [6.45, 7) is 0.382. The van der Waals surface area contributed by atoms with E-state index in [0.717, 1.165) is 5.56 Å². The van der Waals surface area contributed by atoms with Crippen LogP contribution in [0.2, 0.25) is 0 Å². The van der Waals surface area contributed by atoms with E-state index in [2.05, 4.69) is 0 Å². The van der Waals surface area contributed by atoms with Gasteiger partial charge in [0.2, 0.25) is 0 Å². The summed E-state index contributed by atoms with van der Waals surface area (Å²) in [6.07, 6.45) is -3.55. The Kier molecular flexibility index (Phi) is 3.32. The number of hydrogen-bond acceptors (Lipinski definition) is 2. The Hall–Kier alpha value is -1.12. The number of allylic oxidation sites excluding steroid dienone is 1. The van der Waals surface area contributed by atoms with Gasteiger partial charge in [-0.05, 0) is 30.6 Å². The Morgan fingerprint density at radius 3 is 2.89 bits per heavy atom. The normalized spacial score (nSPS) is 36.9. The third-order valence-corrected chi connectivity index (χ3v) is 2.73. The summed E-state index contributed by atoms with van der Waals surface area (Å²) >= 11 is 0. The first-order chi connectivity index (χ1) is 10.7. The average molecular weight is 251 g/mol. The van der Waals surface area contributed by atoms with Crippen molar-refractivity contribution >= 4 is 0 Å². The van der Waals surface area contributed by atoms with E-state index in [4.69, 9.17) is 16.3 Å². The highest BCUT2D eigenvalue weighted by Gasteiger charge is 2.15. The van der Waals surface area contributed by atoms with E-state index in [1.807, 2.05) is 30.3 Å². The Bertz CT molecular complexity index is 547. The molecule has 0 aromatic heterocycles. The van der Waals surface area contributed by atoms with Gasteiger partial charge in [0, 0.05) is 19.2 Å². The van der Waals surface area contributed by atoms with Gasteiger partial charge < -0.3 is 9.47 Å². The molecule has 0 N–H and O–H groups in total. The van der Waals surface area contributed by atoms with Crippen molar-refractivity contribution in [2.24, 2.45) is 5.92 Å². The fraction of sp³-hybridized carbons (Fsp3) is 0.500. The molecule has 1 aromatic carbocycles. The summed E-state index contributed by atoms with van der Waals surface area (Å²) in [5, 5.41) is 0. The van der Waals surface area contributed by atoms with E-state index in [1.165, 1.54) is 13.2 Å². The molecule has 0 saturated heterocycles. The van der Waals surface area contributed by atoms with E-state index in [-0.39, 0.29) is 6.61 Å². The predicted octanol–water partition coefficient (Wildman–Crippen LogP) is 3.57. The lowest BCUT2D eigenvalue weighted by Gasteiger charge is -2.23. The zero-order valence-corrected chi connectivity index (χ0v) is 10.6. The molecule has 2 heteroatoms. The molecule has 2 atom stereocenters. The third kappa shape index (κ3) is 4.28. The molecular formula is C16H22O2. The number of benzene rings is 1.